The van der Waals surface area contributed by atoms with Crippen LogP contribution in [0, 0.1) is 11.6 Å². The van der Waals surface area contributed by atoms with Gasteiger partial charge in [-0.3, -0.25) is 14.2 Å². The number of aromatic nitrogens is 3. The van der Waals surface area contributed by atoms with Crippen LogP contribution in [0.15, 0.2) is 58.8 Å². The minimum atomic E-state index is -0.612. The lowest BCUT2D eigenvalue weighted by Crippen LogP contribution is -2.27. The standard InChI is InChI=1S/C19H12F2N4O2S/c20-11-5-6-13(21)12(7-11)15-10-28-19(23-15)24-17(26)9-25-16-4-2-1-3-14(16)22-8-18(25)27/h1-8,10H,9H2,(H,23,24,26). The number of hydrogen-bond donors (Lipinski definition) is 1. The Morgan fingerprint density at radius 1 is 1.18 bits per heavy atom. The number of fused-ring (bicyclic) bond motifs is 1. The first kappa shape index (κ1) is 17.9. The highest BCUT2D eigenvalue weighted by molar-refractivity contribution is 7.14. The van der Waals surface area contributed by atoms with Crippen LogP contribution in [0.5, 0.6) is 0 Å². The summed E-state index contributed by atoms with van der Waals surface area (Å²) in [5.74, 6) is -1.67. The Kier molecular flexibility index (Phi) is 4.66. The van der Waals surface area contributed by atoms with Crippen LogP contribution in [0.4, 0.5) is 13.9 Å². The lowest BCUT2D eigenvalue weighted by atomic mass is 10.1. The highest BCUT2D eigenvalue weighted by Gasteiger charge is 2.14. The van der Waals surface area contributed by atoms with Crippen LogP contribution in [0.1, 0.15) is 0 Å². The first-order chi connectivity index (χ1) is 13.5. The first-order valence-corrected chi connectivity index (χ1v) is 9.04. The van der Waals surface area contributed by atoms with Gasteiger partial charge in [-0.05, 0) is 30.3 Å². The highest BCUT2D eigenvalue weighted by Crippen LogP contribution is 2.27. The Morgan fingerprint density at radius 2 is 2.00 bits per heavy atom. The van der Waals surface area contributed by atoms with Crippen molar-refractivity contribution in [1.82, 2.24) is 14.5 Å². The van der Waals surface area contributed by atoms with E-state index in [1.54, 1.807) is 24.3 Å². The molecule has 28 heavy (non-hydrogen) atoms. The molecule has 2 heterocycles. The van der Waals surface area contributed by atoms with Crippen molar-refractivity contribution in [2.75, 3.05) is 5.32 Å². The van der Waals surface area contributed by atoms with Gasteiger partial charge in [0.1, 0.15) is 18.2 Å². The van der Waals surface area contributed by atoms with Crippen molar-refractivity contribution in [2.24, 2.45) is 0 Å². The Morgan fingerprint density at radius 3 is 2.86 bits per heavy atom. The van der Waals surface area contributed by atoms with Crippen LogP contribution in [-0.2, 0) is 11.3 Å². The molecule has 4 rings (SSSR count). The fraction of sp³-hybridized carbons (Fsp3) is 0.0526. The van der Waals surface area contributed by atoms with Crippen LogP contribution in [0.2, 0.25) is 0 Å². The van der Waals surface area contributed by atoms with Gasteiger partial charge in [0.05, 0.1) is 22.9 Å². The molecule has 4 aromatic rings. The van der Waals surface area contributed by atoms with E-state index in [0.29, 0.717) is 11.0 Å². The second-order valence-corrected chi connectivity index (χ2v) is 6.74. The van der Waals surface area contributed by atoms with E-state index < -0.39 is 23.1 Å². The summed E-state index contributed by atoms with van der Waals surface area (Å²) in [7, 11) is 0. The van der Waals surface area contributed by atoms with Crippen molar-refractivity contribution in [3.05, 3.63) is 76.0 Å². The quantitative estimate of drug-likeness (QED) is 0.571. The molecule has 9 heteroatoms. The van der Waals surface area contributed by atoms with Gasteiger partial charge in [0.2, 0.25) is 5.91 Å². The van der Waals surface area contributed by atoms with Gasteiger partial charge in [0.25, 0.3) is 5.56 Å². The number of para-hydroxylation sites is 2. The molecule has 140 valence electrons. The van der Waals surface area contributed by atoms with Crippen LogP contribution < -0.4 is 10.9 Å². The third-order valence-electron chi connectivity index (χ3n) is 4.01. The fourth-order valence-electron chi connectivity index (χ4n) is 2.73. The number of nitrogens with zero attached hydrogens (tertiary/aromatic N) is 3. The van der Waals surface area contributed by atoms with Crippen molar-refractivity contribution in [2.45, 2.75) is 6.54 Å². The minimum Gasteiger partial charge on any atom is -0.300 e. The number of anilines is 1. The number of halogens is 2. The monoisotopic (exact) mass is 398 g/mol. The molecule has 0 fully saturated rings. The molecule has 0 unspecified atom stereocenters. The number of thiazole rings is 1. The van der Waals surface area contributed by atoms with E-state index in [4.69, 9.17) is 0 Å². The highest BCUT2D eigenvalue weighted by atomic mass is 32.1. The van der Waals surface area contributed by atoms with E-state index in [2.05, 4.69) is 15.3 Å². The maximum absolute atomic E-state index is 13.9. The summed E-state index contributed by atoms with van der Waals surface area (Å²) in [6.07, 6.45) is 1.16. The largest absolute Gasteiger partial charge is 0.300 e. The molecule has 1 N–H and O–H groups in total. The third kappa shape index (κ3) is 3.52. The van der Waals surface area contributed by atoms with E-state index in [1.165, 1.54) is 9.95 Å². The summed E-state index contributed by atoms with van der Waals surface area (Å²) in [6.45, 7) is -0.231. The van der Waals surface area contributed by atoms with Gasteiger partial charge in [-0.1, -0.05) is 12.1 Å². The van der Waals surface area contributed by atoms with Gasteiger partial charge in [0, 0.05) is 10.9 Å². The molecule has 0 bridgehead atoms. The summed E-state index contributed by atoms with van der Waals surface area (Å²) >= 11 is 1.07. The molecular formula is C19H12F2N4O2S. The van der Waals surface area contributed by atoms with E-state index in [-0.39, 0.29) is 22.9 Å². The normalized spacial score (nSPS) is 10.9. The molecule has 2 aromatic heterocycles. The van der Waals surface area contributed by atoms with Crippen LogP contribution in [0.3, 0.4) is 0 Å². The minimum absolute atomic E-state index is 0.00750. The number of hydrogen-bond acceptors (Lipinski definition) is 5. The maximum atomic E-state index is 13.9. The van der Waals surface area contributed by atoms with Gasteiger partial charge >= 0.3 is 0 Å². The van der Waals surface area contributed by atoms with Crippen LogP contribution in [-0.4, -0.2) is 20.4 Å². The number of amides is 1. The molecular weight excluding hydrogens is 386 g/mol. The molecule has 0 radical (unpaired) electrons. The second kappa shape index (κ2) is 7.28. The molecule has 0 aliphatic rings. The summed E-state index contributed by atoms with van der Waals surface area (Å²) in [6, 6.07) is 10.0. The summed E-state index contributed by atoms with van der Waals surface area (Å²) in [4.78, 5) is 32.7. The van der Waals surface area contributed by atoms with E-state index in [0.717, 1.165) is 35.7 Å². The average molecular weight is 398 g/mol. The molecule has 0 aliphatic heterocycles. The maximum Gasteiger partial charge on any atom is 0.269 e. The van der Waals surface area contributed by atoms with Gasteiger partial charge in [-0.25, -0.2) is 18.7 Å². The number of rotatable bonds is 4. The second-order valence-electron chi connectivity index (χ2n) is 5.88. The van der Waals surface area contributed by atoms with Gasteiger partial charge in [0.15, 0.2) is 5.13 Å². The number of benzene rings is 2. The van der Waals surface area contributed by atoms with Gasteiger partial charge in [-0.15, -0.1) is 11.3 Å². The zero-order chi connectivity index (χ0) is 19.7. The Labute approximate surface area is 161 Å². The smallest absolute Gasteiger partial charge is 0.269 e. The van der Waals surface area contributed by atoms with Crippen molar-refractivity contribution in [3.8, 4) is 11.3 Å². The van der Waals surface area contributed by atoms with E-state index in [1.807, 2.05) is 0 Å². The molecule has 0 saturated carbocycles. The Hall–Kier alpha value is -3.46. The molecule has 1 amide bonds. The Bertz CT molecular complexity index is 1250. The summed E-state index contributed by atoms with van der Waals surface area (Å²) in [5, 5.41) is 4.31. The molecule has 2 aromatic carbocycles. The third-order valence-corrected chi connectivity index (χ3v) is 4.77. The zero-order valence-corrected chi connectivity index (χ0v) is 15.0. The Balaban J connectivity index is 1.56. The number of nitrogens with one attached hydrogen (secondary N) is 1. The van der Waals surface area contributed by atoms with Crippen LogP contribution >= 0.6 is 11.3 Å². The van der Waals surface area contributed by atoms with Gasteiger partial charge < -0.3 is 5.32 Å². The lowest BCUT2D eigenvalue weighted by molar-refractivity contribution is -0.116. The van der Waals surface area contributed by atoms with Crippen LogP contribution in [0.25, 0.3) is 22.3 Å². The van der Waals surface area contributed by atoms with Crippen molar-refractivity contribution in [1.29, 1.82) is 0 Å². The van der Waals surface area contributed by atoms with Gasteiger partial charge in [-0.2, -0.15) is 0 Å². The SMILES string of the molecule is O=C(Cn1c(=O)cnc2ccccc21)Nc1nc(-c2cc(F)ccc2F)cs1. The predicted octanol–water partition coefficient (Wildman–Crippen LogP) is 3.44. The molecule has 0 spiro atoms. The first-order valence-electron chi connectivity index (χ1n) is 8.16. The molecule has 0 atom stereocenters. The number of carbonyl (C=O) groups excluding carboxylic acids is 1. The lowest BCUT2D eigenvalue weighted by Gasteiger charge is -2.08. The molecule has 6 nitrogen and oxygen atoms in total. The van der Waals surface area contributed by atoms with Crippen molar-refractivity contribution < 1.29 is 13.6 Å². The topological polar surface area (TPSA) is 76.9 Å². The summed E-state index contributed by atoms with van der Waals surface area (Å²) in [5.41, 5.74) is 0.937. The predicted molar refractivity (Wildman–Crippen MR) is 102 cm³/mol. The zero-order valence-electron chi connectivity index (χ0n) is 14.2. The van der Waals surface area contributed by atoms with Crippen molar-refractivity contribution >= 4 is 33.4 Å². The van der Waals surface area contributed by atoms with E-state index >= 15 is 0 Å². The molecule has 0 aliphatic carbocycles. The average Bonchev–Trinajstić information content (AvgIpc) is 3.14. The number of carbonyl (C=O) groups is 1. The van der Waals surface area contributed by atoms with E-state index in [9.17, 15) is 18.4 Å². The fourth-order valence-corrected chi connectivity index (χ4v) is 3.46. The summed E-state index contributed by atoms with van der Waals surface area (Å²) < 4.78 is 28.5. The molecule has 0 saturated heterocycles. The van der Waals surface area contributed by atoms with Crippen molar-refractivity contribution in [3.63, 3.8) is 0 Å².